The third-order valence-electron chi connectivity index (χ3n) is 3.78. The van der Waals surface area contributed by atoms with Gasteiger partial charge in [-0.25, -0.2) is 23.4 Å². The first-order chi connectivity index (χ1) is 12.1. The first-order valence-corrected chi connectivity index (χ1v) is 7.61. The Balaban J connectivity index is 1.85. The molecule has 0 aliphatic carbocycles. The number of rotatable bonds is 3. The standard InChI is InChI=1S/C18H13F2N5/c1-11-16-17(23-14-6-2-4-12(19)8-14)21-10-22-18(16)25(24-11)15-7-3-5-13(20)9-15/h2-10H,1H3,(H,21,22,23). The zero-order valence-electron chi connectivity index (χ0n) is 13.2. The Labute approximate surface area is 142 Å². The van der Waals surface area contributed by atoms with E-state index in [0.29, 0.717) is 33.9 Å². The lowest BCUT2D eigenvalue weighted by Crippen LogP contribution is -2.00. The van der Waals surface area contributed by atoms with Crippen molar-refractivity contribution in [2.24, 2.45) is 0 Å². The Hall–Kier alpha value is -3.35. The van der Waals surface area contributed by atoms with Gasteiger partial charge in [0.15, 0.2) is 5.65 Å². The van der Waals surface area contributed by atoms with Crippen molar-refractivity contribution in [1.29, 1.82) is 0 Å². The van der Waals surface area contributed by atoms with E-state index in [1.54, 1.807) is 28.9 Å². The molecule has 0 spiro atoms. The molecular formula is C18H13F2N5. The van der Waals surface area contributed by atoms with E-state index >= 15 is 0 Å². The number of halogens is 2. The first kappa shape index (κ1) is 15.2. The van der Waals surface area contributed by atoms with Crippen LogP contribution in [0.5, 0.6) is 0 Å². The number of anilines is 2. The van der Waals surface area contributed by atoms with Crippen LogP contribution in [0.25, 0.3) is 16.7 Å². The summed E-state index contributed by atoms with van der Waals surface area (Å²) >= 11 is 0. The highest BCUT2D eigenvalue weighted by atomic mass is 19.1. The molecule has 0 unspecified atom stereocenters. The van der Waals surface area contributed by atoms with E-state index in [2.05, 4.69) is 20.4 Å². The lowest BCUT2D eigenvalue weighted by atomic mass is 10.2. The van der Waals surface area contributed by atoms with Crippen molar-refractivity contribution >= 4 is 22.5 Å². The molecule has 7 heteroatoms. The maximum Gasteiger partial charge on any atom is 0.168 e. The van der Waals surface area contributed by atoms with Gasteiger partial charge < -0.3 is 5.32 Å². The molecule has 0 aliphatic heterocycles. The van der Waals surface area contributed by atoms with E-state index < -0.39 is 0 Å². The molecule has 0 aliphatic rings. The van der Waals surface area contributed by atoms with Gasteiger partial charge in [0.25, 0.3) is 0 Å². The summed E-state index contributed by atoms with van der Waals surface area (Å²) in [6.07, 6.45) is 1.39. The fourth-order valence-electron chi connectivity index (χ4n) is 2.70. The van der Waals surface area contributed by atoms with Crippen LogP contribution in [-0.2, 0) is 0 Å². The zero-order chi connectivity index (χ0) is 17.4. The van der Waals surface area contributed by atoms with Crippen LogP contribution < -0.4 is 5.32 Å². The number of benzene rings is 2. The third-order valence-corrected chi connectivity index (χ3v) is 3.78. The van der Waals surface area contributed by atoms with Crippen molar-refractivity contribution in [1.82, 2.24) is 19.7 Å². The number of fused-ring (bicyclic) bond motifs is 1. The van der Waals surface area contributed by atoms with Gasteiger partial charge in [0.05, 0.1) is 16.8 Å². The summed E-state index contributed by atoms with van der Waals surface area (Å²) in [6.45, 7) is 1.82. The second-order valence-electron chi connectivity index (χ2n) is 5.53. The van der Waals surface area contributed by atoms with E-state index in [0.717, 1.165) is 0 Å². The molecule has 2 aromatic heterocycles. The van der Waals surface area contributed by atoms with Crippen LogP contribution in [0.4, 0.5) is 20.3 Å². The van der Waals surface area contributed by atoms with E-state index in [9.17, 15) is 8.78 Å². The van der Waals surface area contributed by atoms with Crippen molar-refractivity contribution in [2.75, 3.05) is 5.32 Å². The quantitative estimate of drug-likeness (QED) is 0.610. The number of aryl methyl sites for hydroxylation is 1. The molecule has 0 fully saturated rings. The molecule has 0 atom stereocenters. The predicted molar refractivity (Wildman–Crippen MR) is 91.0 cm³/mol. The van der Waals surface area contributed by atoms with E-state index in [1.807, 2.05) is 6.92 Å². The molecule has 0 saturated heterocycles. The van der Waals surface area contributed by atoms with Gasteiger partial charge in [-0.1, -0.05) is 12.1 Å². The minimum absolute atomic E-state index is 0.345. The van der Waals surface area contributed by atoms with Crippen LogP contribution in [0.3, 0.4) is 0 Å². The molecule has 25 heavy (non-hydrogen) atoms. The fourth-order valence-corrected chi connectivity index (χ4v) is 2.70. The maximum atomic E-state index is 13.5. The van der Waals surface area contributed by atoms with Gasteiger partial charge in [-0.05, 0) is 43.3 Å². The van der Waals surface area contributed by atoms with Crippen LogP contribution >= 0.6 is 0 Å². The Morgan fingerprint density at radius 3 is 2.48 bits per heavy atom. The van der Waals surface area contributed by atoms with Crippen molar-refractivity contribution < 1.29 is 8.78 Å². The normalized spacial score (nSPS) is 11.0. The molecule has 1 N–H and O–H groups in total. The molecule has 0 saturated carbocycles. The Bertz CT molecular complexity index is 1070. The minimum atomic E-state index is -0.356. The average Bonchev–Trinajstić information content (AvgIpc) is 2.93. The topological polar surface area (TPSA) is 55.6 Å². The Morgan fingerprint density at radius 2 is 1.72 bits per heavy atom. The Morgan fingerprint density at radius 1 is 0.960 bits per heavy atom. The number of hydrogen-bond acceptors (Lipinski definition) is 4. The summed E-state index contributed by atoms with van der Waals surface area (Å²) in [5, 5.41) is 8.23. The highest BCUT2D eigenvalue weighted by Gasteiger charge is 2.15. The number of nitrogens with one attached hydrogen (secondary N) is 1. The predicted octanol–water partition coefficient (Wildman–Crippen LogP) is 4.15. The lowest BCUT2D eigenvalue weighted by Gasteiger charge is -2.07. The van der Waals surface area contributed by atoms with Crippen LogP contribution in [0.15, 0.2) is 54.9 Å². The first-order valence-electron chi connectivity index (χ1n) is 7.61. The highest BCUT2D eigenvalue weighted by Crippen LogP contribution is 2.27. The van der Waals surface area contributed by atoms with Crippen LogP contribution in [-0.4, -0.2) is 19.7 Å². The summed E-state index contributed by atoms with van der Waals surface area (Å²) in [5.41, 5.74) is 2.35. The van der Waals surface area contributed by atoms with E-state index in [4.69, 9.17) is 0 Å². The van der Waals surface area contributed by atoms with Gasteiger partial charge in [-0.15, -0.1) is 0 Å². The second kappa shape index (κ2) is 5.94. The van der Waals surface area contributed by atoms with E-state index in [1.165, 1.54) is 30.6 Å². The maximum absolute atomic E-state index is 13.5. The largest absolute Gasteiger partial charge is 0.339 e. The number of hydrogen-bond donors (Lipinski definition) is 1. The molecule has 4 rings (SSSR count). The van der Waals surface area contributed by atoms with Crippen LogP contribution in [0.1, 0.15) is 5.69 Å². The molecule has 124 valence electrons. The van der Waals surface area contributed by atoms with Gasteiger partial charge >= 0.3 is 0 Å². The second-order valence-corrected chi connectivity index (χ2v) is 5.53. The monoisotopic (exact) mass is 337 g/mol. The van der Waals surface area contributed by atoms with Crippen LogP contribution in [0, 0.1) is 18.6 Å². The fraction of sp³-hybridized carbons (Fsp3) is 0.0556. The average molecular weight is 337 g/mol. The summed E-state index contributed by atoms with van der Waals surface area (Å²) in [6, 6.07) is 12.2. The molecular weight excluding hydrogens is 324 g/mol. The van der Waals surface area contributed by atoms with Crippen molar-refractivity contribution in [3.8, 4) is 5.69 Å². The van der Waals surface area contributed by atoms with Crippen molar-refractivity contribution in [3.63, 3.8) is 0 Å². The third kappa shape index (κ3) is 2.80. The smallest absolute Gasteiger partial charge is 0.168 e. The molecule has 0 amide bonds. The Kier molecular flexibility index (Phi) is 3.61. The highest BCUT2D eigenvalue weighted by molar-refractivity contribution is 5.91. The zero-order valence-corrected chi connectivity index (χ0v) is 13.2. The number of aromatic nitrogens is 4. The molecule has 5 nitrogen and oxygen atoms in total. The van der Waals surface area contributed by atoms with E-state index in [-0.39, 0.29) is 11.6 Å². The van der Waals surface area contributed by atoms with Gasteiger partial charge in [-0.2, -0.15) is 5.10 Å². The summed E-state index contributed by atoms with van der Waals surface area (Å²) in [5.74, 6) is -0.191. The summed E-state index contributed by atoms with van der Waals surface area (Å²) < 4.78 is 28.5. The molecule has 0 radical (unpaired) electrons. The molecule has 2 aromatic carbocycles. The van der Waals surface area contributed by atoms with Gasteiger partial charge in [0, 0.05) is 5.69 Å². The van der Waals surface area contributed by atoms with Crippen LogP contribution in [0.2, 0.25) is 0 Å². The van der Waals surface area contributed by atoms with Gasteiger partial charge in [0.2, 0.25) is 0 Å². The summed E-state index contributed by atoms with van der Waals surface area (Å²) in [4.78, 5) is 8.53. The minimum Gasteiger partial charge on any atom is -0.339 e. The van der Waals surface area contributed by atoms with Gasteiger partial charge in [0.1, 0.15) is 23.8 Å². The van der Waals surface area contributed by atoms with Crippen molar-refractivity contribution in [2.45, 2.75) is 6.92 Å². The lowest BCUT2D eigenvalue weighted by molar-refractivity contribution is 0.625. The summed E-state index contributed by atoms with van der Waals surface area (Å²) in [7, 11) is 0. The molecule has 2 heterocycles. The van der Waals surface area contributed by atoms with Gasteiger partial charge in [-0.3, -0.25) is 0 Å². The van der Waals surface area contributed by atoms with Crippen molar-refractivity contribution in [3.05, 3.63) is 72.2 Å². The number of nitrogens with zero attached hydrogens (tertiary/aromatic N) is 4. The SMILES string of the molecule is Cc1nn(-c2cccc(F)c2)c2ncnc(Nc3cccc(F)c3)c12. The molecule has 4 aromatic rings. The molecule has 0 bridgehead atoms.